The average Bonchev–Trinajstić information content (AvgIpc) is 2.38. The van der Waals surface area contributed by atoms with Crippen LogP contribution in [-0.2, 0) is 0 Å². The molecular formula is C15H21NO3. The highest BCUT2D eigenvalue weighted by Crippen LogP contribution is 2.28. The van der Waals surface area contributed by atoms with Crippen molar-refractivity contribution in [3.8, 4) is 0 Å². The summed E-state index contributed by atoms with van der Waals surface area (Å²) in [5, 5.41) is 22.6. The second-order valence-corrected chi connectivity index (χ2v) is 5.47. The highest BCUT2D eigenvalue weighted by molar-refractivity contribution is 5.88. The summed E-state index contributed by atoms with van der Waals surface area (Å²) in [5.74, 6) is -0.916. The van der Waals surface area contributed by atoms with Crippen molar-refractivity contribution in [1.82, 2.24) is 0 Å². The maximum atomic E-state index is 10.9. The smallest absolute Gasteiger partial charge is 0.335 e. The molecule has 0 aliphatic heterocycles. The van der Waals surface area contributed by atoms with Crippen LogP contribution >= 0.6 is 0 Å². The zero-order valence-corrected chi connectivity index (χ0v) is 11.3. The van der Waals surface area contributed by atoms with Crippen molar-refractivity contribution in [1.29, 1.82) is 0 Å². The van der Waals surface area contributed by atoms with Crippen LogP contribution in [0.4, 0.5) is 5.69 Å². The van der Waals surface area contributed by atoms with Crippen LogP contribution in [0.2, 0.25) is 0 Å². The molecule has 1 aromatic rings. The summed E-state index contributed by atoms with van der Waals surface area (Å²) < 4.78 is 0. The van der Waals surface area contributed by atoms with Crippen molar-refractivity contribution in [2.45, 2.75) is 44.6 Å². The quantitative estimate of drug-likeness (QED) is 0.781. The van der Waals surface area contributed by atoms with Gasteiger partial charge in [0.15, 0.2) is 0 Å². The molecule has 4 nitrogen and oxygen atoms in total. The molecule has 2 rings (SSSR count). The van der Waals surface area contributed by atoms with Gasteiger partial charge in [-0.2, -0.15) is 0 Å². The molecule has 0 aromatic heterocycles. The fourth-order valence-corrected chi connectivity index (χ4v) is 2.64. The summed E-state index contributed by atoms with van der Waals surface area (Å²) in [6.45, 7) is 2.40. The molecule has 1 aliphatic rings. The van der Waals surface area contributed by atoms with Gasteiger partial charge in [0, 0.05) is 12.2 Å². The number of aryl methyl sites for hydroxylation is 1. The van der Waals surface area contributed by atoms with Crippen LogP contribution in [0, 0.1) is 6.92 Å². The lowest BCUT2D eigenvalue weighted by Gasteiger charge is -2.32. The molecule has 0 atom stereocenters. The largest absolute Gasteiger partial charge is 0.478 e. The summed E-state index contributed by atoms with van der Waals surface area (Å²) >= 11 is 0. The summed E-state index contributed by atoms with van der Waals surface area (Å²) in [7, 11) is 0. The van der Waals surface area contributed by atoms with Gasteiger partial charge in [-0.25, -0.2) is 4.79 Å². The summed E-state index contributed by atoms with van der Waals surface area (Å²) in [6, 6.07) is 5.00. The Morgan fingerprint density at radius 3 is 2.58 bits per heavy atom. The fraction of sp³-hybridized carbons (Fsp3) is 0.533. The number of aromatic carboxylic acids is 1. The number of anilines is 1. The van der Waals surface area contributed by atoms with E-state index < -0.39 is 11.6 Å². The van der Waals surface area contributed by atoms with Crippen molar-refractivity contribution in [3.63, 3.8) is 0 Å². The molecule has 4 heteroatoms. The SMILES string of the molecule is Cc1cc(C(=O)O)ccc1NCC1(O)CCCCC1. The van der Waals surface area contributed by atoms with Gasteiger partial charge in [0.1, 0.15) is 0 Å². The van der Waals surface area contributed by atoms with Crippen LogP contribution in [0.5, 0.6) is 0 Å². The molecule has 1 fully saturated rings. The molecule has 1 aromatic carbocycles. The molecule has 1 saturated carbocycles. The second kappa shape index (κ2) is 5.61. The number of carboxylic acid groups (broad SMARTS) is 1. The molecule has 0 saturated heterocycles. The number of carbonyl (C=O) groups is 1. The lowest BCUT2D eigenvalue weighted by molar-refractivity contribution is 0.0167. The van der Waals surface area contributed by atoms with Crippen LogP contribution in [0.3, 0.4) is 0 Å². The first-order valence-electron chi connectivity index (χ1n) is 6.80. The fourth-order valence-electron chi connectivity index (χ4n) is 2.64. The minimum atomic E-state index is -0.916. The second-order valence-electron chi connectivity index (χ2n) is 5.47. The zero-order valence-electron chi connectivity index (χ0n) is 11.3. The standard InChI is InChI=1S/C15H21NO3/c1-11-9-12(14(17)18)5-6-13(11)16-10-15(19)7-3-2-4-8-15/h5-6,9,16,19H,2-4,7-8,10H2,1H3,(H,17,18). The van der Waals surface area contributed by atoms with Gasteiger partial charge in [-0.15, -0.1) is 0 Å². The van der Waals surface area contributed by atoms with Gasteiger partial charge in [-0.1, -0.05) is 19.3 Å². The van der Waals surface area contributed by atoms with E-state index in [-0.39, 0.29) is 0 Å². The van der Waals surface area contributed by atoms with Crippen molar-refractivity contribution < 1.29 is 15.0 Å². The Morgan fingerprint density at radius 2 is 2.00 bits per heavy atom. The van der Waals surface area contributed by atoms with Gasteiger partial charge >= 0.3 is 5.97 Å². The molecule has 19 heavy (non-hydrogen) atoms. The van der Waals surface area contributed by atoms with Gasteiger partial charge in [0.25, 0.3) is 0 Å². The van der Waals surface area contributed by atoms with Gasteiger partial charge in [-0.3, -0.25) is 0 Å². The first-order valence-corrected chi connectivity index (χ1v) is 6.80. The van der Waals surface area contributed by atoms with E-state index in [1.54, 1.807) is 18.2 Å². The van der Waals surface area contributed by atoms with E-state index >= 15 is 0 Å². The Bertz CT molecular complexity index is 464. The summed E-state index contributed by atoms with van der Waals surface area (Å²) in [6.07, 6.45) is 5.04. The first-order chi connectivity index (χ1) is 9.00. The van der Waals surface area contributed by atoms with E-state index in [4.69, 9.17) is 5.11 Å². The van der Waals surface area contributed by atoms with Gasteiger partial charge < -0.3 is 15.5 Å². The highest BCUT2D eigenvalue weighted by atomic mass is 16.4. The minimum absolute atomic E-state index is 0.291. The monoisotopic (exact) mass is 263 g/mol. The Hall–Kier alpha value is -1.55. The van der Waals surface area contributed by atoms with E-state index in [0.717, 1.165) is 36.9 Å². The van der Waals surface area contributed by atoms with Crippen LogP contribution in [0.25, 0.3) is 0 Å². The number of rotatable bonds is 4. The molecule has 0 spiro atoms. The minimum Gasteiger partial charge on any atom is -0.478 e. The van der Waals surface area contributed by atoms with E-state index in [1.165, 1.54) is 6.42 Å². The Balaban J connectivity index is 2.01. The van der Waals surface area contributed by atoms with Crippen molar-refractivity contribution >= 4 is 11.7 Å². The summed E-state index contributed by atoms with van der Waals surface area (Å²) in [5.41, 5.74) is 1.46. The van der Waals surface area contributed by atoms with E-state index in [1.807, 2.05) is 6.92 Å². The maximum Gasteiger partial charge on any atom is 0.335 e. The van der Waals surface area contributed by atoms with Crippen LogP contribution in [-0.4, -0.2) is 28.3 Å². The average molecular weight is 263 g/mol. The number of nitrogens with one attached hydrogen (secondary N) is 1. The van der Waals surface area contributed by atoms with Crippen LogP contribution in [0.15, 0.2) is 18.2 Å². The van der Waals surface area contributed by atoms with E-state index in [0.29, 0.717) is 12.1 Å². The third-order valence-electron chi connectivity index (χ3n) is 3.87. The highest BCUT2D eigenvalue weighted by Gasteiger charge is 2.28. The van der Waals surface area contributed by atoms with Gasteiger partial charge in [0.2, 0.25) is 0 Å². The predicted molar refractivity (Wildman–Crippen MR) is 74.7 cm³/mol. The van der Waals surface area contributed by atoms with Crippen molar-refractivity contribution in [2.24, 2.45) is 0 Å². The molecule has 0 radical (unpaired) electrons. The number of aliphatic hydroxyl groups is 1. The molecule has 0 heterocycles. The third kappa shape index (κ3) is 3.47. The number of hydrogen-bond donors (Lipinski definition) is 3. The number of benzene rings is 1. The lowest BCUT2D eigenvalue weighted by Crippen LogP contribution is -2.38. The Labute approximate surface area is 113 Å². The molecule has 1 aliphatic carbocycles. The van der Waals surface area contributed by atoms with Crippen molar-refractivity contribution in [2.75, 3.05) is 11.9 Å². The molecule has 0 amide bonds. The summed E-state index contributed by atoms with van der Waals surface area (Å²) in [4.78, 5) is 10.9. The molecular weight excluding hydrogens is 242 g/mol. The Morgan fingerprint density at radius 1 is 1.32 bits per heavy atom. The van der Waals surface area contributed by atoms with E-state index in [2.05, 4.69) is 5.32 Å². The molecule has 104 valence electrons. The molecule has 3 N–H and O–H groups in total. The maximum absolute atomic E-state index is 10.9. The van der Waals surface area contributed by atoms with E-state index in [9.17, 15) is 9.90 Å². The number of carboxylic acids is 1. The topological polar surface area (TPSA) is 69.6 Å². The van der Waals surface area contributed by atoms with Gasteiger partial charge in [0.05, 0.1) is 11.2 Å². The van der Waals surface area contributed by atoms with Crippen LogP contribution < -0.4 is 5.32 Å². The third-order valence-corrected chi connectivity index (χ3v) is 3.87. The predicted octanol–water partition coefficient (Wildman–Crippen LogP) is 2.80. The van der Waals surface area contributed by atoms with Crippen molar-refractivity contribution in [3.05, 3.63) is 29.3 Å². The van der Waals surface area contributed by atoms with Crippen LogP contribution in [0.1, 0.15) is 48.0 Å². The molecule has 0 bridgehead atoms. The number of hydrogen-bond acceptors (Lipinski definition) is 3. The lowest BCUT2D eigenvalue weighted by atomic mass is 9.85. The zero-order chi connectivity index (χ0) is 13.9. The normalized spacial score (nSPS) is 18.0. The van der Waals surface area contributed by atoms with Gasteiger partial charge in [-0.05, 0) is 43.5 Å². The Kier molecular flexibility index (Phi) is 4.10. The first kappa shape index (κ1) is 13.9. The molecule has 0 unspecified atom stereocenters.